The number of hydrogen-bond acceptors (Lipinski definition) is 3. The minimum atomic E-state index is 0.0727. The molecule has 1 amide bonds. The Bertz CT molecular complexity index is 692. The van der Waals surface area contributed by atoms with Crippen molar-refractivity contribution < 1.29 is 9.53 Å². The molecule has 2 unspecified atom stereocenters. The predicted octanol–water partition coefficient (Wildman–Crippen LogP) is 3.69. The second-order valence-corrected chi connectivity index (χ2v) is 8.12. The summed E-state index contributed by atoms with van der Waals surface area (Å²) in [6.45, 7) is 10.7. The van der Waals surface area contributed by atoms with Gasteiger partial charge in [0, 0.05) is 45.8 Å². The highest BCUT2D eigenvalue weighted by molar-refractivity contribution is 5.94. The fourth-order valence-electron chi connectivity index (χ4n) is 3.78. The number of unbranched alkanes of at least 4 members (excludes halogenated alkanes) is 3. The van der Waals surface area contributed by atoms with E-state index in [1.54, 1.807) is 0 Å². The molecule has 6 nitrogen and oxygen atoms in total. The van der Waals surface area contributed by atoms with E-state index < -0.39 is 0 Å². The molecule has 1 heterocycles. The van der Waals surface area contributed by atoms with Gasteiger partial charge in [0.15, 0.2) is 5.96 Å². The quantitative estimate of drug-likeness (QED) is 0.290. The minimum absolute atomic E-state index is 0.0727. The van der Waals surface area contributed by atoms with E-state index >= 15 is 0 Å². The van der Waals surface area contributed by atoms with Crippen molar-refractivity contribution in [2.45, 2.75) is 58.3 Å². The summed E-state index contributed by atoms with van der Waals surface area (Å²) in [5, 5.41) is 3.41. The van der Waals surface area contributed by atoms with Crippen LogP contribution >= 0.6 is 0 Å². The third-order valence-corrected chi connectivity index (χ3v) is 5.33. The van der Waals surface area contributed by atoms with Crippen LogP contribution in [0.1, 0.15) is 55.5 Å². The lowest BCUT2D eigenvalue weighted by Gasteiger charge is -2.35. The summed E-state index contributed by atoms with van der Waals surface area (Å²) in [4.78, 5) is 21.2. The number of morpholine rings is 1. The molecule has 0 spiro atoms. The highest BCUT2D eigenvalue weighted by Gasteiger charge is 2.26. The topological polar surface area (TPSA) is 57.2 Å². The van der Waals surface area contributed by atoms with Gasteiger partial charge in [-0.1, -0.05) is 24.6 Å². The summed E-state index contributed by atoms with van der Waals surface area (Å²) in [5.74, 6) is 0.957. The van der Waals surface area contributed by atoms with Gasteiger partial charge in [-0.3, -0.25) is 9.79 Å². The molecule has 0 bridgehead atoms. The molecular formula is C24H38N4O2. The van der Waals surface area contributed by atoms with Gasteiger partial charge >= 0.3 is 0 Å². The SMILES string of the molecule is C=CCCCCCN(C)C(=NC)NCc1ccc(C(=O)N2CC(C)OC(C)C2)cc1. The molecule has 1 aliphatic heterocycles. The highest BCUT2D eigenvalue weighted by atomic mass is 16.5. The molecule has 2 atom stereocenters. The number of rotatable bonds is 9. The van der Waals surface area contributed by atoms with Gasteiger partial charge in [0.1, 0.15) is 0 Å². The number of nitrogens with zero attached hydrogens (tertiary/aromatic N) is 3. The number of benzene rings is 1. The van der Waals surface area contributed by atoms with Gasteiger partial charge in [-0.2, -0.15) is 0 Å². The molecule has 1 aromatic rings. The third-order valence-electron chi connectivity index (χ3n) is 5.33. The molecule has 1 saturated heterocycles. The lowest BCUT2D eigenvalue weighted by Crippen LogP contribution is -2.48. The molecule has 0 aromatic heterocycles. The van der Waals surface area contributed by atoms with Crippen molar-refractivity contribution in [2.24, 2.45) is 4.99 Å². The summed E-state index contributed by atoms with van der Waals surface area (Å²) in [6.07, 6.45) is 6.74. The van der Waals surface area contributed by atoms with Crippen molar-refractivity contribution in [2.75, 3.05) is 33.7 Å². The summed E-state index contributed by atoms with van der Waals surface area (Å²) in [5.41, 5.74) is 1.84. The number of ether oxygens (including phenoxy) is 1. The average Bonchev–Trinajstić information content (AvgIpc) is 2.73. The Morgan fingerprint density at radius 1 is 1.23 bits per heavy atom. The predicted molar refractivity (Wildman–Crippen MR) is 124 cm³/mol. The molecule has 1 fully saturated rings. The number of hydrogen-bond donors (Lipinski definition) is 1. The van der Waals surface area contributed by atoms with Crippen molar-refractivity contribution in [1.29, 1.82) is 0 Å². The van der Waals surface area contributed by atoms with Crippen LogP contribution in [0.2, 0.25) is 0 Å². The zero-order chi connectivity index (χ0) is 21.9. The average molecular weight is 415 g/mol. The zero-order valence-corrected chi connectivity index (χ0v) is 19.1. The molecule has 2 rings (SSSR count). The summed E-state index contributed by atoms with van der Waals surface area (Å²) in [6, 6.07) is 7.85. The Morgan fingerprint density at radius 3 is 2.50 bits per heavy atom. The molecule has 1 aromatic carbocycles. The molecule has 30 heavy (non-hydrogen) atoms. The van der Waals surface area contributed by atoms with Crippen molar-refractivity contribution >= 4 is 11.9 Å². The molecule has 166 valence electrons. The van der Waals surface area contributed by atoms with Crippen LogP contribution in [0.15, 0.2) is 41.9 Å². The normalized spacial score (nSPS) is 19.5. The molecule has 6 heteroatoms. The Morgan fingerprint density at radius 2 is 1.90 bits per heavy atom. The second-order valence-electron chi connectivity index (χ2n) is 8.12. The number of guanidine groups is 1. The molecule has 1 aliphatic rings. The number of amides is 1. The Labute approximate surface area is 182 Å². The first kappa shape index (κ1) is 23.9. The van der Waals surface area contributed by atoms with E-state index in [1.165, 1.54) is 12.8 Å². The number of carbonyl (C=O) groups is 1. The summed E-state index contributed by atoms with van der Waals surface area (Å²) >= 11 is 0. The van der Waals surface area contributed by atoms with E-state index in [1.807, 2.05) is 56.1 Å². The van der Waals surface area contributed by atoms with Crippen LogP contribution < -0.4 is 5.32 Å². The monoisotopic (exact) mass is 414 g/mol. The number of nitrogens with one attached hydrogen (secondary N) is 1. The van der Waals surface area contributed by atoms with Crippen LogP contribution in [0.5, 0.6) is 0 Å². The van der Waals surface area contributed by atoms with Crippen LogP contribution in [0.25, 0.3) is 0 Å². The van der Waals surface area contributed by atoms with E-state index in [0.717, 1.165) is 36.5 Å². The Hall–Kier alpha value is -2.34. The minimum Gasteiger partial charge on any atom is -0.372 e. The van der Waals surface area contributed by atoms with E-state index in [9.17, 15) is 4.79 Å². The van der Waals surface area contributed by atoms with Crippen molar-refractivity contribution in [3.05, 3.63) is 48.0 Å². The first-order chi connectivity index (χ1) is 14.4. The van der Waals surface area contributed by atoms with E-state index in [4.69, 9.17) is 4.74 Å². The molecule has 0 aliphatic carbocycles. The smallest absolute Gasteiger partial charge is 0.254 e. The first-order valence-electron chi connectivity index (χ1n) is 11.0. The van der Waals surface area contributed by atoms with Crippen molar-refractivity contribution in [3.63, 3.8) is 0 Å². The lowest BCUT2D eigenvalue weighted by atomic mass is 10.1. The fourth-order valence-corrected chi connectivity index (χ4v) is 3.78. The van der Waals surface area contributed by atoms with E-state index in [2.05, 4.69) is 28.8 Å². The molecule has 0 radical (unpaired) electrons. The largest absolute Gasteiger partial charge is 0.372 e. The maximum atomic E-state index is 12.8. The standard InChI is InChI=1S/C24H38N4O2/c1-6-7-8-9-10-15-27(5)24(25-4)26-16-21-11-13-22(14-12-21)23(29)28-17-19(2)30-20(3)18-28/h6,11-14,19-20H,1,7-10,15-18H2,2-5H3,(H,25,26). The van der Waals surface area contributed by atoms with Gasteiger partial charge in [0.2, 0.25) is 0 Å². The fraction of sp³-hybridized carbons (Fsp3) is 0.583. The van der Waals surface area contributed by atoms with Crippen LogP contribution in [-0.2, 0) is 11.3 Å². The number of allylic oxidation sites excluding steroid dienone is 1. The molecular weight excluding hydrogens is 376 g/mol. The van der Waals surface area contributed by atoms with Gasteiger partial charge in [-0.25, -0.2) is 0 Å². The van der Waals surface area contributed by atoms with Crippen LogP contribution in [0.4, 0.5) is 0 Å². The van der Waals surface area contributed by atoms with Gasteiger partial charge in [0.05, 0.1) is 12.2 Å². The summed E-state index contributed by atoms with van der Waals surface area (Å²) < 4.78 is 5.73. The molecule has 1 N–H and O–H groups in total. The zero-order valence-electron chi connectivity index (χ0n) is 19.1. The van der Waals surface area contributed by atoms with Gasteiger partial charge in [0.25, 0.3) is 5.91 Å². The Kier molecular flexibility index (Phi) is 9.87. The lowest BCUT2D eigenvalue weighted by molar-refractivity contribution is -0.0586. The first-order valence-corrected chi connectivity index (χ1v) is 11.0. The van der Waals surface area contributed by atoms with Gasteiger partial charge in [-0.15, -0.1) is 6.58 Å². The van der Waals surface area contributed by atoms with Crippen LogP contribution in [0.3, 0.4) is 0 Å². The molecule has 0 saturated carbocycles. The van der Waals surface area contributed by atoms with Gasteiger partial charge in [-0.05, 0) is 50.8 Å². The Balaban J connectivity index is 1.83. The maximum absolute atomic E-state index is 12.8. The van der Waals surface area contributed by atoms with Crippen molar-refractivity contribution in [1.82, 2.24) is 15.1 Å². The van der Waals surface area contributed by atoms with E-state index in [-0.39, 0.29) is 18.1 Å². The number of carbonyl (C=O) groups excluding carboxylic acids is 1. The summed E-state index contributed by atoms with van der Waals surface area (Å²) in [7, 11) is 3.87. The third kappa shape index (κ3) is 7.48. The maximum Gasteiger partial charge on any atom is 0.254 e. The second kappa shape index (κ2) is 12.4. The van der Waals surface area contributed by atoms with Gasteiger partial charge < -0.3 is 19.9 Å². The number of aliphatic imine (C=N–C) groups is 1. The van der Waals surface area contributed by atoms with Crippen molar-refractivity contribution in [3.8, 4) is 0 Å². The highest BCUT2D eigenvalue weighted by Crippen LogP contribution is 2.15. The van der Waals surface area contributed by atoms with Crippen LogP contribution in [0, 0.1) is 0 Å². The van der Waals surface area contributed by atoms with Crippen LogP contribution in [-0.4, -0.2) is 67.6 Å². The van der Waals surface area contributed by atoms with E-state index in [0.29, 0.717) is 19.6 Å².